The van der Waals surface area contributed by atoms with Gasteiger partial charge >= 0.3 is 0 Å². The minimum absolute atomic E-state index is 0.0456. The number of amides is 1. The van der Waals surface area contributed by atoms with Crippen molar-refractivity contribution in [1.82, 2.24) is 9.97 Å². The van der Waals surface area contributed by atoms with Gasteiger partial charge in [-0.05, 0) is 43.3 Å². The van der Waals surface area contributed by atoms with E-state index in [9.17, 15) is 14.0 Å². The van der Waals surface area contributed by atoms with Crippen LogP contribution in [0.3, 0.4) is 0 Å². The van der Waals surface area contributed by atoms with Crippen molar-refractivity contribution in [3.05, 3.63) is 78.0 Å². The Kier molecular flexibility index (Phi) is 4.98. The zero-order chi connectivity index (χ0) is 18.5. The fourth-order valence-electron chi connectivity index (χ4n) is 2.24. The van der Waals surface area contributed by atoms with Crippen LogP contribution in [0.15, 0.2) is 60.9 Å². The lowest BCUT2D eigenvalue weighted by Crippen LogP contribution is -2.14. The third-order valence-corrected chi connectivity index (χ3v) is 3.54. The van der Waals surface area contributed by atoms with E-state index in [2.05, 4.69) is 20.6 Å². The summed E-state index contributed by atoms with van der Waals surface area (Å²) >= 11 is 0. The summed E-state index contributed by atoms with van der Waals surface area (Å²) in [5.74, 6) is -0.468. The molecular formula is C19H15FN4O2. The molecule has 0 saturated heterocycles. The second kappa shape index (κ2) is 7.52. The molecule has 0 aliphatic carbocycles. The van der Waals surface area contributed by atoms with Gasteiger partial charge in [-0.25, -0.2) is 14.4 Å². The number of hydrogen-bond acceptors (Lipinski definition) is 5. The third-order valence-electron chi connectivity index (χ3n) is 3.54. The molecule has 0 radical (unpaired) electrons. The number of carbonyl (C=O) groups is 2. The summed E-state index contributed by atoms with van der Waals surface area (Å²) in [6.07, 6.45) is 1.26. The van der Waals surface area contributed by atoms with Gasteiger partial charge in [0, 0.05) is 23.0 Å². The zero-order valence-electron chi connectivity index (χ0n) is 13.9. The van der Waals surface area contributed by atoms with Gasteiger partial charge in [0.15, 0.2) is 5.78 Å². The SMILES string of the molecule is CC(=O)c1cccc(Nc2cc(C(=O)Nc3ccc(F)cc3)ncn2)c1. The summed E-state index contributed by atoms with van der Waals surface area (Å²) in [6, 6.07) is 13.9. The number of anilines is 3. The molecule has 0 aliphatic rings. The maximum Gasteiger partial charge on any atom is 0.274 e. The lowest BCUT2D eigenvalue weighted by molar-refractivity contribution is 0.101. The molecule has 0 spiro atoms. The van der Waals surface area contributed by atoms with E-state index in [1.807, 2.05) is 0 Å². The first-order valence-corrected chi connectivity index (χ1v) is 7.78. The van der Waals surface area contributed by atoms with Crippen LogP contribution in [0.5, 0.6) is 0 Å². The lowest BCUT2D eigenvalue weighted by atomic mass is 10.1. The molecule has 3 rings (SSSR count). The normalized spacial score (nSPS) is 10.2. The first-order chi connectivity index (χ1) is 12.5. The highest BCUT2D eigenvalue weighted by Crippen LogP contribution is 2.17. The Hall–Kier alpha value is -3.61. The van der Waals surface area contributed by atoms with E-state index in [-0.39, 0.29) is 17.3 Å². The van der Waals surface area contributed by atoms with Crippen LogP contribution in [-0.4, -0.2) is 21.7 Å². The fourth-order valence-corrected chi connectivity index (χ4v) is 2.24. The molecule has 3 aromatic rings. The molecule has 6 nitrogen and oxygen atoms in total. The van der Waals surface area contributed by atoms with Gasteiger partial charge in [0.25, 0.3) is 5.91 Å². The number of hydrogen-bond donors (Lipinski definition) is 2. The van der Waals surface area contributed by atoms with Gasteiger partial charge in [-0.3, -0.25) is 9.59 Å². The molecule has 1 amide bonds. The number of ketones is 1. The number of Topliss-reactive ketones (excluding diaryl/α,β-unsaturated/α-hetero) is 1. The highest BCUT2D eigenvalue weighted by atomic mass is 19.1. The first-order valence-electron chi connectivity index (χ1n) is 7.78. The van der Waals surface area contributed by atoms with Crippen molar-refractivity contribution in [3.8, 4) is 0 Å². The number of benzene rings is 2. The zero-order valence-corrected chi connectivity index (χ0v) is 13.9. The summed E-state index contributed by atoms with van der Waals surface area (Å²) in [5.41, 5.74) is 1.84. The average molecular weight is 350 g/mol. The first kappa shape index (κ1) is 17.2. The van der Waals surface area contributed by atoms with Gasteiger partial charge in [-0.15, -0.1) is 0 Å². The maximum absolute atomic E-state index is 12.9. The van der Waals surface area contributed by atoms with Crippen LogP contribution in [0, 0.1) is 5.82 Å². The van der Waals surface area contributed by atoms with Gasteiger partial charge in [0.05, 0.1) is 0 Å². The van der Waals surface area contributed by atoms with E-state index in [0.717, 1.165) is 0 Å². The molecule has 130 valence electrons. The van der Waals surface area contributed by atoms with Crippen molar-refractivity contribution in [2.24, 2.45) is 0 Å². The Morgan fingerprint density at radius 2 is 1.73 bits per heavy atom. The molecule has 0 aliphatic heterocycles. The van der Waals surface area contributed by atoms with Crippen LogP contribution < -0.4 is 10.6 Å². The topological polar surface area (TPSA) is 84.0 Å². The number of rotatable bonds is 5. The van der Waals surface area contributed by atoms with Crippen molar-refractivity contribution < 1.29 is 14.0 Å². The van der Waals surface area contributed by atoms with E-state index >= 15 is 0 Å². The maximum atomic E-state index is 12.9. The summed E-state index contributed by atoms with van der Waals surface area (Å²) < 4.78 is 12.9. The van der Waals surface area contributed by atoms with Crippen LogP contribution in [0.2, 0.25) is 0 Å². The second-order valence-corrected chi connectivity index (χ2v) is 5.51. The molecule has 26 heavy (non-hydrogen) atoms. The van der Waals surface area contributed by atoms with Crippen molar-refractivity contribution >= 4 is 28.9 Å². The van der Waals surface area contributed by atoms with Crippen molar-refractivity contribution in [3.63, 3.8) is 0 Å². The van der Waals surface area contributed by atoms with Gasteiger partial charge in [-0.1, -0.05) is 12.1 Å². The quantitative estimate of drug-likeness (QED) is 0.684. The van der Waals surface area contributed by atoms with E-state index in [1.54, 1.807) is 24.3 Å². The second-order valence-electron chi connectivity index (χ2n) is 5.51. The largest absolute Gasteiger partial charge is 0.340 e. The van der Waals surface area contributed by atoms with Gasteiger partial charge < -0.3 is 10.6 Å². The van der Waals surface area contributed by atoms with Crippen LogP contribution in [-0.2, 0) is 0 Å². The highest BCUT2D eigenvalue weighted by molar-refractivity contribution is 6.03. The average Bonchev–Trinajstić information content (AvgIpc) is 2.64. The van der Waals surface area contributed by atoms with Crippen LogP contribution in [0.1, 0.15) is 27.8 Å². The molecule has 0 fully saturated rings. The van der Waals surface area contributed by atoms with Crippen LogP contribution >= 0.6 is 0 Å². The molecule has 0 atom stereocenters. The van der Waals surface area contributed by atoms with Crippen LogP contribution in [0.4, 0.5) is 21.6 Å². The smallest absolute Gasteiger partial charge is 0.274 e. The van der Waals surface area contributed by atoms with E-state index in [0.29, 0.717) is 22.8 Å². The molecule has 0 bridgehead atoms. The summed E-state index contributed by atoms with van der Waals surface area (Å²) in [6.45, 7) is 1.49. The van der Waals surface area contributed by atoms with Crippen LogP contribution in [0.25, 0.3) is 0 Å². The Morgan fingerprint density at radius 3 is 2.46 bits per heavy atom. The van der Waals surface area contributed by atoms with Gasteiger partial charge in [-0.2, -0.15) is 0 Å². The summed E-state index contributed by atoms with van der Waals surface area (Å²) in [4.78, 5) is 31.8. The third kappa shape index (κ3) is 4.27. The Balaban J connectivity index is 1.75. The van der Waals surface area contributed by atoms with Crippen molar-refractivity contribution in [2.75, 3.05) is 10.6 Å². The van der Waals surface area contributed by atoms with Gasteiger partial charge in [0.2, 0.25) is 0 Å². The number of carbonyl (C=O) groups excluding carboxylic acids is 2. The standard InChI is InChI=1S/C19H15FN4O2/c1-12(25)13-3-2-4-16(9-13)23-18-10-17(21-11-22-18)19(26)24-15-7-5-14(20)6-8-15/h2-11H,1H3,(H,24,26)(H,21,22,23). The van der Waals surface area contributed by atoms with E-state index in [4.69, 9.17) is 0 Å². The number of nitrogens with one attached hydrogen (secondary N) is 2. The van der Waals surface area contributed by atoms with Crippen molar-refractivity contribution in [2.45, 2.75) is 6.92 Å². The molecule has 2 N–H and O–H groups in total. The predicted molar refractivity (Wildman–Crippen MR) is 96.1 cm³/mol. The monoisotopic (exact) mass is 350 g/mol. The lowest BCUT2D eigenvalue weighted by Gasteiger charge is -2.08. The van der Waals surface area contributed by atoms with E-state index in [1.165, 1.54) is 43.6 Å². The Bertz CT molecular complexity index is 958. The molecular weight excluding hydrogens is 335 g/mol. The fraction of sp³-hybridized carbons (Fsp3) is 0.0526. The predicted octanol–water partition coefficient (Wildman–Crippen LogP) is 3.81. The minimum atomic E-state index is -0.445. The number of halogens is 1. The molecule has 2 aromatic carbocycles. The summed E-state index contributed by atoms with van der Waals surface area (Å²) in [7, 11) is 0. The van der Waals surface area contributed by atoms with Crippen molar-refractivity contribution in [1.29, 1.82) is 0 Å². The Morgan fingerprint density at radius 1 is 0.962 bits per heavy atom. The number of nitrogens with zero attached hydrogens (tertiary/aromatic N) is 2. The van der Waals surface area contributed by atoms with E-state index < -0.39 is 5.91 Å². The minimum Gasteiger partial charge on any atom is -0.340 e. The number of aromatic nitrogens is 2. The molecule has 7 heteroatoms. The molecule has 0 unspecified atom stereocenters. The van der Waals surface area contributed by atoms with Gasteiger partial charge in [0.1, 0.15) is 23.7 Å². The molecule has 1 heterocycles. The molecule has 1 aromatic heterocycles. The molecule has 0 saturated carbocycles. The Labute approximate surface area is 149 Å². The summed E-state index contributed by atoms with van der Waals surface area (Å²) in [5, 5.41) is 5.67. The highest BCUT2D eigenvalue weighted by Gasteiger charge is 2.10.